The lowest BCUT2D eigenvalue weighted by Gasteiger charge is -2.43. The summed E-state index contributed by atoms with van der Waals surface area (Å²) >= 11 is 0. The van der Waals surface area contributed by atoms with Crippen molar-refractivity contribution in [3.63, 3.8) is 0 Å². The number of aromatic amines is 1. The average Bonchev–Trinajstić information content (AvgIpc) is 3.65. The number of aryl methyl sites for hydroxylation is 1. The predicted molar refractivity (Wildman–Crippen MR) is 232 cm³/mol. The van der Waals surface area contributed by atoms with Crippen LogP contribution >= 0.6 is 0 Å². The molecule has 0 amide bonds. The summed E-state index contributed by atoms with van der Waals surface area (Å²) in [5.41, 5.74) is 5.50. The molecule has 0 saturated carbocycles. The summed E-state index contributed by atoms with van der Waals surface area (Å²) < 4.78 is 46.7. The first kappa shape index (κ1) is 48.9. The van der Waals surface area contributed by atoms with Crippen LogP contribution in [0, 0.1) is 6.92 Å². The van der Waals surface area contributed by atoms with E-state index in [1.807, 2.05) is 87.5 Å². The van der Waals surface area contributed by atoms with Crippen LogP contribution in [0.25, 0.3) is 0 Å². The van der Waals surface area contributed by atoms with Gasteiger partial charge in [-0.25, -0.2) is 0 Å². The number of carbonyl (C=O) groups is 5. The van der Waals surface area contributed by atoms with Crippen molar-refractivity contribution in [2.24, 2.45) is 0 Å². The third kappa shape index (κ3) is 14.7. The Hall–Kier alpha value is -6.10. The van der Waals surface area contributed by atoms with Gasteiger partial charge in [-0.05, 0) is 53.6 Å². The van der Waals surface area contributed by atoms with E-state index in [-0.39, 0.29) is 11.8 Å². The van der Waals surface area contributed by atoms with E-state index >= 15 is 0 Å². The number of nitrogens with zero attached hydrogens (tertiary/aromatic N) is 2. The third-order valence-electron chi connectivity index (χ3n) is 10.3. The standard InChI is InChI=1S/C48H59N3O13/c1-30(2)43-41(47(50-49-43)64-48-46(62-35(7)56)45(61-34(6)55)44(60-33(5)54)42(63-48)29-58-32(4)53)24-38-19-20-39(23-31(38)3)57-22-14-21-51(25-36-15-10-8-11-16-36)26-40(27-52)59-28-37-17-12-9-13-18-37/h8-13,15-20,23,27,30,40,42,44-46,48H,14,21-22,24-26,28-29H2,1-7H3,(H,49,50)/t40?,42-,44-,45+,46-,48+/m1/s1. The van der Waals surface area contributed by atoms with Gasteiger partial charge < -0.3 is 42.7 Å². The maximum atomic E-state index is 12.4. The lowest BCUT2D eigenvalue weighted by molar-refractivity contribution is -0.289. The zero-order chi connectivity index (χ0) is 46.2. The Morgan fingerprint density at radius 1 is 0.828 bits per heavy atom. The van der Waals surface area contributed by atoms with Gasteiger partial charge in [-0.15, -0.1) is 5.10 Å². The SMILES string of the molecule is CC(=O)OC[C@H]1O[C@@H](Oc2n[nH]c(C(C)C)c2Cc2ccc(OCCCN(Cc3ccccc3)CC(C=O)OCc3ccccc3)cc2C)[C@H](OC(C)=O)[C@@H](OC(C)=O)[C@@H]1OC(C)=O. The van der Waals surface area contributed by atoms with Gasteiger partial charge in [-0.3, -0.25) is 29.2 Å². The molecule has 16 nitrogen and oxygen atoms in total. The van der Waals surface area contributed by atoms with Crippen LogP contribution in [0.4, 0.5) is 0 Å². The number of aromatic nitrogens is 2. The fourth-order valence-corrected chi connectivity index (χ4v) is 7.37. The number of ether oxygens (including phenoxy) is 8. The summed E-state index contributed by atoms with van der Waals surface area (Å²) in [7, 11) is 0. The van der Waals surface area contributed by atoms with E-state index in [0.717, 1.165) is 55.0 Å². The molecule has 344 valence electrons. The Morgan fingerprint density at radius 2 is 1.47 bits per heavy atom. The van der Waals surface area contributed by atoms with Crippen molar-refractivity contribution in [1.82, 2.24) is 15.1 Å². The van der Waals surface area contributed by atoms with E-state index in [1.165, 1.54) is 6.92 Å². The second-order valence-corrected chi connectivity index (χ2v) is 15.9. The highest BCUT2D eigenvalue weighted by molar-refractivity contribution is 5.69. The highest BCUT2D eigenvalue weighted by atomic mass is 16.7. The minimum absolute atomic E-state index is 0.0168. The van der Waals surface area contributed by atoms with Gasteiger partial charge in [0.05, 0.1) is 13.2 Å². The second kappa shape index (κ2) is 24.1. The number of aldehydes is 1. The molecule has 2 heterocycles. The number of hydrogen-bond acceptors (Lipinski definition) is 15. The molecule has 0 spiro atoms. The average molecular weight is 886 g/mol. The number of benzene rings is 3. The van der Waals surface area contributed by atoms with Crippen molar-refractivity contribution in [2.75, 3.05) is 26.3 Å². The molecular weight excluding hydrogens is 827 g/mol. The molecule has 1 fully saturated rings. The van der Waals surface area contributed by atoms with Crippen molar-refractivity contribution in [1.29, 1.82) is 0 Å². The molecule has 1 aromatic heterocycles. The fraction of sp³-hybridized carbons (Fsp3) is 0.458. The minimum atomic E-state index is -1.45. The van der Waals surface area contributed by atoms with Crippen molar-refractivity contribution in [3.05, 3.63) is 112 Å². The highest BCUT2D eigenvalue weighted by Gasteiger charge is 2.53. The van der Waals surface area contributed by atoms with Crippen LogP contribution in [0.15, 0.2) is 78.9 Å². The van der Waals surface area contributed by atoms with Gasteiger partial charge in [0.1, 0.15) is 30.9 Å². The first-order chi connectivity index (χ1) is 30.7. The first-order valence-corrected chi connectivity index (χ1v) is 21.3. The van der Waals surface area contributed by atoms with Crippen LogP contribution in [0.2, 0.25) is 0 Å². The third-order valence-corrected chi connectivity index (χ3v) is 10.3. The summed E-state index contributed by atoms with van der Waals surface area (Å²) in [6.07, 6.45) is -5.44. The van der Waals surface area contributed by atoms with Gasteiger partial charge in [-0.2, -0.15) is 0 Å². The molecule has 6 atom stereocenters. The second-order valence-electron chi connectivity index (χ2n) is 15.9. The highest BCUT2D eigenvalue weighted by Crippen LogP contribution is 2.35. The van der Waals surface area contributed by atoms with Gasteiger partial charge in [-0.1, -0.05) is 80.6 Å². The van der Waals surface area contributed by atoms with Crippen LogP contribution in [-0.4, -0.2) is 108 Å². The van der Waals surface area contributed by atoms with Gasteiger partial charge in [0.25, 0.3) is 0 Å². The number of esters is 4. The molecule has 0 radical (unpaired) electrons. The minimum Gasteiger partial charge on any atom is -0.494 e. The van der Waals surface area contributed by atoms with Crippen molar-refractivity contribution < 1.29 is 61.9 Å². The van der Waals surface area contributed by atoms with Gasteiger partial charge >= 0.3 is 23.9 Å². The van der Waals surface area contributed by atoms with Crippen LogP contribution in [0.5, 0.6) is 11.6 Å². The van der Waals surface area contributed by atoms with E-state index in [0.29, 0.717) is 57.0 Å². The van der Waals surface area contributed by atoms with Crippen molar-refractivity contribution in [2.45, 2.75) is 117 Å². The Balaban J connectivity index is 1.29. The van der Waals surface area contributed by atoms with Gasteiger partial charge in [0.2, 0.25) is 18.3 Å². The Labute approximate surface area is 373 Å². The van der Waals surface area contributed by atoms with E-state index in [4.69, 9.17) is 37.9 Å². The molecule has 1 saturated heterocycles. The summed E-state index contributed by atoms with van der Waals surface area (Å²) in [6, 6.07) is 25.7. The molecule has 4 aromatic rings. The summed E-state index contributed by atoms with van der Waals surface area (Å²) in [4.78, 5) is 63.1. The van der Waals surface area contributed by atoms with E-state index in [1.54, 1.807) is 0 Å². The Bertz CT molecular complexity index is 2140. The Kier molecular flexibility index (Phi) is 18.4. The largest absolute Gasteiger partial charge is 0.494 e. The van der Waals surface area contributed by atoms with Crippen LogP contribution in [0.1, 0.15) is 87.4 Å². The van der Waals surface area contributed by atoms with Crippen LogP contribution in [0.3, 0.4) is 0 Å². The molecule has 0 bridgehead atoms. The molecule has 16 heteroatoms. The lowest BCUT2D eigenvalue weighted by Crippen LogP contribution is -2.63. The number of nitrogens with one attached hydrogen (secondary N) is 1. The maximum Gasteiger partial charge on any atom is 0.303 e. The molecule has 1 N–H and O–H groups in total. The number of H-pyrrole nitrogens is 1. The number of hydrogen-bond donors (Lipinski definition) is 1. The molecular formula is C48H59N3O13. The topological polar surface area (TPSA) is 191 Å². The molecule has 1 aliphatic rings. The monoisotopic (exact) mass is 885 g/mol. The number of rotatable bonds is 23. The van der Waals surface area contributed by atoms with Crippen molar-refractivity contribution in [3.8, 4) is 11.6 Å². The zero-order valence-electron chi connectivity index (χ0n) is 37.5. The van der Waals surface area contributed by atoms with Gasteiger partial charge in [0.15, 0.2) is 12.2 Å². The van der Waals surface area contributed by atoms with Crippen LogP contribution < -0.4 is 9.47 Å². The summed E-state index contributed by atoms with van der Waals surface area (Å²) in [5, 5.41) is 7.55. The molecule has 64 heavy (non-hydrogen) atoms. The lowest BCUT2D eigenvalue weighted by atomic mass is 9.96. The number of carbonyl (C=O) groups excluding carboxylic acids is 5. The molecule has 1 unspecified atom stereocenters. The Morgan fingerprint density at radius 3 is 2.08 bits per heavy atom. The predicted octanol–water partition coefficient (Wildman–Crippen LogP) is 5.95. The first-order valence-electron chi connectivity index (χ1n) is 21.3. The normalized spacial score (nSPS) is 18.8. The van der Waals surface area contributed by atoms with E-state index in [9.17, 15) is 24.0 Å². The fourth-order valence-electron chi connectivity index (χ4n) is 7.37. The van der Waals surface area contributed by atoms with Crippen LogP contribution in [-0.2, 0) is 72.0 Å². The smallest absolute Gasteiger partial charge is 0.303 e. The summed E-state index contributed by atoms with van der Waals surface area (Å²) in [6.45, 7) is 12.8. The van der Waals surface area contributed by atoms with E-state index in [2.05, 4.69) is 27.2 Å². The van der Waals surface area contributed by atoms with Gasteiger partial charge in [0, 0.05) is 65.0 Å². The van der Waals surface area contributed by atoms with Crippen molar-refractivity contribution >= 4 is 30.2 Å². The van der Waals surface area contributed by atoms with E-state index < -0.39 is 67.3 Å². The molecule has 5 rings (SSSR count). The molecule has 3 aromatic carbocycles. The summed E-state index contributed by atoms with van der Waals surface area (Å²) in [5.74, 6) is -2.07. The quantitative estimate of drug-likeness (QED) is 0.0398. The molecule has 0 aliphatic carbocycles. The zero-order valence-corrected chi connectivity index (χ0v) is 37.5. The molecule has 1 aliphatic heterocycles. The maximum absolute atomic E-state index is 12.4.